The number of ether oxygens (including phenoxy) is 2. The zero-order valence-electron chi connectivity index (χ0n) is 16.7. The quantitative estimate of drug-likeness (QED) is 0.626. The number of carbonyl (C=O) groups excluding carboxylic acids is 1. The third kappa shape index (κ3) is 2.22. The third-order valence-electron chi connectivity index (χ3n) is 9.41. The summed E-state index contributed by atoms with van der Waals surface area (Å²) in [7, 11) is 0. The molecule has 0 aromatic heterocycles. The van der Waals surface area contributed by atoms with E-state index in [4.69, 9.17) is 9.47 Å². The van der Waals surface area contributed by atoms with E-state index in [0.29, 0.717) is 17.1 Å². The summed E-state index contributed by atoms with van der Waals surface area (Å²) in [6, 6.07) is 0. The Balaban J connectivity index is 1.44. The first kappa shape index (κ1) is 17.4. The maximum Gasteiger partial charge on any atom is 0.172 e. The zero-order valence-corrected chi connectivity index (χ0v) is 16.7. The van der Waals surface area contributed by atoms with Crippen molar-refractivity contribution in [3.05, 3.63) is 11.6 Å². The number of hydrogen-bond acceptors (Lipinski definition) is 3. The molecule has 3 saturated carbocycles. The third-order valence-corrected chi connectivity index (χ3v) is 9.41. The van der Waals surface area contributed by atoms with Gasteiger partial charge in [0.2, 0.25) is 0 Å². The van der Waals surface area contributed by atoms with Crippen molar-refractivity contribution in [3.8, 4) is 0 Å². The molecule has 1 heterocycles. The van der Waals surface area contributed by atoms with Crippen LogP contribution in [0.1, 0.15) is 72.1 Å². The Labute approximate surface area is 157 Å². The highest BCUT2D eigenvalue weighted by atomic mass is 16.7. The molecule has 0 unspecified atom stereocenters. The molecule has 0 aromatic rings. The Bertz CT molecular complexity index is 646. The van der Waals surface area contributed by atoms with E-state index in [9.17, 15) is 4.79 Å². The first-order valence-corrected chi connectivity index (χ1v) is 10.9. The topological polar surface area (TPSA) is 35.5 Å². The minimum atomic E-state index is -0.311. The van der Waals surface area contributed by atoms with Crippen molar-refractivity contribution in [2.75, 3.05) is 13.2 Å². The first-order valence-electron chi connectivity index (χ1n) is 10.9. The molecule has 5 aliphatic rings. The summed E-state index contributed by atoms with van der Waals surface area (Å²) in [5, 5.41) is 0. The zero-order chi connectivity index (χ0) is 18.2. The Morgan fingerprint density at radius 2 is 1.81 bits per heavy atom. The van der Waals surface area contributed by atoms with Gasteiger partial charge >= 0.3 is 0 Å². The van der Waals surface area contributed by atoms with E-state index < -0.39 is 0 Å². The molecule has 3 heteroatoms. The second-order valence-electron chi connectivity index (χ2n) is 10.3. The molecule has 1 aliphatic heterocycles. The first-order chi connectivity index (χ1) is 12.4. The lowest BCUT2D eigenvalue weighted by atomic mass is 9.47. The van der Waals surface area contributed by atoms with E-state index in [1.54, 1.807) is 5.57 Å². The molecule has 26 heavy (non-hydrogen) atoms. The van der Waals surface area contributed by atoms with Gasteiger partial charge in [-0.05, 0) is 74.0 Å². The fraction of sp³-hybridized carbons (Fsp3) is 0.870. The van der Waals surface area contributed by atoms with Crippen LogP contribution in [0.15, 0.2) is 11.6 Å². The molecule has 4 aliphatic carbocycles. The van der Waals surface area contributed by atoms with E-state index in [-0.39, 0.29) is 11.2 Å². The van der Waals surface area contributed by atoms with Crippen LogP contribution in [0.3, 0.4) is 0 Å². The van der Waals surface area contributed by atoms with Gasteiger partial charge < -0.3 is 9.47 Å². The minimum Gasteiger partial charge on any atom is -0.347 e. The molecule has 0 amide bonds. The highest BCUT2D eigenvalue weighted by molar-refractivity contribution is 5.79. The average molecular weight is 359 g/mol. The SMILES string of the molecule is CC(=O)[C@@H]1CC[C@@H]2[C@@H]3CC=C4CC5(CC[C@]4(C)[C@@H]3CC[C@@]21C)OCCO5. The number of fused-ring (bicyclic) bond motifs is 5. The minimum absolute atomic E-state index is 0.252. The molecule has 0 aromatic carbocycles. The van der Waals surface area contributed by atoms with Crippen molar-refractivity contribution in [2.45, 2.75) is 77.9 Å². The molecule has 3 nitrogen and oxygen atoms in total. The van der Waals surface area contributed by atoms with Crippen LogP contribution in [-0.2, 0) is 14.3 Å². The Hall–Kier alpha value is -0.670. The standard InChI is InChI=1S/C23H34O3/c1-15(24)18-6-7-19-17-5-4-16-14-23(25-12-13-26-23)11-10-21(16,2)20(17)8-9-22(18,19)3/h4,17-20H,5-14H2,1-3H3/t17-,18-,19+,20+,21-,22+/m0/s1. The monoisotopic (exact) mass is 358 g/mol. The molecule has 4 fully saturated rings. The summed E-state index contributed by atoms with van der Waals surface area (Å²) in [6.07, 6.45) is 11.9. The van der Waals surface area contributed by atoms with E-state index in [2.05, 4.69) is 19.9 Å². The highest BCUT2D eigenvalue weighted by Crippen LogP contribution is 2.67. The molecule has 144 valence electrons. The Morgan fingerprint density at radius 3 is 2.54 bits per heavy atom. The van der Waals surface area contributed by atoms with Gasteiger partial charge in [-0.3, -0.25) is 4.79 Å². The molecule has 0 N–H and O–H groups in total. The van der Waals surface area contributed by atoms with Crippen LogP contribution >= 0.6 is 0 Å². The van der Waals surface area contributed by atoms with E-state index in [1.165, 1.54) is 32.1 Å². The second kappa shape index (κ2) is 5.67. The van der Waals surface area contributed by atoms with Crippen molar-refractivity contribution < 1.29 is 14.3 Å². The van der Waals surface area contributed by atoms with Crippen LogP contribution in [0.25, 0.3) is 0 Å². The summed E-state index contributed by atoms with van der Waals surface area (Å²) in [5.74, 6) is 2.72. The van der Waals surface area contributed by atoms with Crippen LogP contribution < -0.4 is 0 Å². The van der Waals surface area contributed by atoms with Gasteiger partial charge in [-0.15, -0.1) is 0 Å². The Morgan fingerprint density at radius 1 is 1.04 bits per heavy atom. The van der Waals surface area contributed by atoms with Crippen LogP contribution in [0.2, 0.25) is 0 Å². The molecule has 0 radical (unpaired) electrons. The summed E-state index contributed by atoms with van der Waals surface area (Å²) < 4.78 is 12.1. The lowest BCUT2D eigenvalue weighted by Crippen LogP contribution is -2.52. The lowest BCUT2D eigenvalue weighted by molar-refractivity contribution is -0.185. The van der Waals surface area contributed by atoms with Gasteiger partial charge in [0.25, 0.3) is 0 Å². The van der Waals surface area contributed by atoms with E-state index >= 15 is 0 Å². The maximum atomic E-state index is 12.3. The van der Waals surface area contributed by atoms with Crippen molar-refractivity contribution in [2.24, 2.45) is 34.5 Å². The molecule has 0 bridgehead atoms. The molecular formula is C23H34O3. The van der Waals surface area contributed by atoms with Crippen LogP contribution in [-0.4, -0.2) is 24.8 Å². The normalized spacial score (nSPS) is 49.3. The lowest BCUT2D eigenvalue weighted by Gasteiger charge is -2.58. The van der Waals surface area contributed by atoms with Crippen molar-refractivity contribution in [1.29, 1.82) is 0 Å². The fourth-order valence-corrected chi connectivity index (χ4v) is 8.02. The van der Waals surface area contributed by atoms with E-state index in [1.807, 2.05) is 6.92 Å². The van der Waals surface area contributed by atoms with Gasteiger partial charge in [-0.1, -0.05) is 25.5 Å². The van der Waals surface area contributed by atoms with Gasteiger partial charge in [0.1, 0.15) is 5.78 Å². The van der Waals surface area contributed by atoms with Crippen molar-refractivity contribution in [3.63, 3.8) is 0 Å². The number of Topliss-reactive ketones (excluding diaryl/α,β-unsaturated/α-hetero) is 1. The number of carbonyl (C=O) groups is 1. The summed E-state index contributed by atoms with van der Waals surface area (Å²) in [6.45, 7) is 8.29. The molecule has 1 spiro atoms. The Kier molecular flexibility index (Phi) is 3.80. The summed E-state index contributed by atoms with van der Waals surface area (Å²) >= 11 is 0. The molecular weight excluding hydrogens is 324 g/mol. The van der Waals surface area contributed by atoms with Gasteiger partial charge in [0, 0.05) is 18.8 Å². The largest absolute Gasteiger partial charge is 0.347 e. The smallest absolute Gasteiger partial charge is 0.172 e. The van der Waals surface area contributed by atoms with Crippen molar-refractivity contribution >= 4 is 5.78 Å². The van der Waals surface area contributed by atoms with E-state index in [0.717, 1.165) is 50.2 Å². The van der Waals surface area contributed by atoms with Gasteiger partial charge in [-0.2, -0.15) is 0 Å². The summed E-state index contributed by atoms with van der Waals surface area (Å²) in [4.78, 5) is 12.3. The van der Waals surface area contributed by atoms with Crippen molar-refractivity contribution in [1.82, 2.24) is 0 Å². The highest BCUT2D eigenvalue weighted by Gasteiger charge is 2.60. The number of allylic oxidation sites excluding steroid dienone is 1. The number of ketones is 1. The number of rotatable bonds is 1. The molecule has 1 saturated heterocycles. The second-order valence-corrected chi connectivity index (χ2v) is 10.3. The predicted octanol–water partition coefficient (Wildman–Crippen LogP) is 4.90. The predicted molar refractivity (Wildman–Crippen MR) is 101 cm³/mol. The average Bonchev–Trinajstić information content (AvgIpc) is 3.20. The van der Waals surface area contributed by atoms with Gasteiger partial charge in [0.05, 0.1) is 13.2 Å². The molecule has 5 rings (SSSR count). The van der Waals surface area contributed by atoms with Crippen LogP contribution in [0, 0.1) is 34.5 Å². The summed E-state index contributed by atoms with van der Waals surface area (Å²) in [5.41, 5.74) is 2.18. The van der Waals surface area contributed by atoms with Crippen LogP contribution in [0.5, 0.6) is 0 Å². The van der Waals surface area contributed by atoms with Gasteiger partial charge in [0.15, 0.2) is 5.79 Å². The fourth-order valence-electron chi connectivity index (χ4n) is 8.02. The van der Waals surface area contributed by atoms with Crippen LogP contribution in [0.4, 0.5) is 0 Å². The van der Waals surface area contributed by atoms with Gasteiger partial charge in [-0.25, -0.2) is 0 Å². The molecule has 6 atom stereocenters. The maximum absolute atomic E-state index is 12.3. The number of hydrogen-bond donors (Lipinski definition) is 0.